The summed E-state index contributed by atoms with van der Waals surface area (Å²) in [5, 5.41) is 16.3. The standard InChI is InChI=1S/C20H25N5O3/c1-28-18-14(16(23-9-2-8-21)12-7-10-22-11-12)5-6-15-17(18)25(13-3-4-13)20(27)24-19(15)26/h5-6,12-13,16,22-23H,2-4,7,9-11H2,1H3,(H,24,26,27). The van der Waals surface area contributed by atoms with Crippen LogP contribution in [0.5, 0.6) is 5.75 Å². The van der Waals surface area contributed by atoms with Gasteiger partial charge in [-0.15, -0.1) is 0 Å². The van der Waals surface area contributed by atoms with Crippen molar-refractivity contribution in [1.82, 2.24) is 20.2 Å². The molecular formula is C20H25N5O3. The van der Waals surface area contributed by atoms with Gasteiger partial charge in [0, 0.05) is 30.6 Å². The molecule has 0 amide bonds. The molecule has 1 aromatic heterocycles. The summed E-state index contributed by atoms with van der Waals surface area (Å²) in [7, 11) is 1.58. The number of nitriles is 1. The predicted octanol–water partition coefficient (Wildman–Crippen LogP) is 1.19. The molecule has 0 spiro atoms. The molecule has 2 aliphatic rings. The Balaban J connectivity index is 1.90. The van der Waals surface area contributed by atoms with Crippen molar-refractivity contribution in [2.24, 2.45) is 5.92 Å². The number of nitrogens with zero attached hydrogens (tertiary/aromatic N) is 2. The number of methoxy groups -OCH3 is 1. The lowest BCUT2D eigenvalue weighted by atomic mass is 9.90. The molecule has 1 saturated carbocycles. The van der Waals surface area contributed by atoms with Gasteiger partial charge < -0.3 is 15.4 Å². The van der Waals surface area contributed by atoms with E-state index < -0.39 is 5.56 Å². The molecule has 28 heavy (non-hydrogen) atoms. The van der Waals surface area contributed by atoms with E-state index in [1.807, 2.05) is 6.07 Å². The maximum absolute atomic E-state index is 12.5. The molecule has 2 atom stereocenters. The lowest BCUT2D eigenvalue weighted by Crippen LogP contribution is -2.32. The molecule has 0 bridgehead atoms. The number of rotatable bonds is 7. The van der Waals surface area contributed by atoms with E-state index in [1.165, 1.54) is 0 Å². The molecule has 0 radical (unpaired) electrons. The maximum atomic E-state index is 12.5. The zero-order valence-electron chi connectivity index (χ0n) is 16.0. The van der Waals surface area contributed by atoms with E-state index in [0.717, 1.165) is 37.9 Å². The molecule has 8 nitrogen and oxygen atoms in total. The van der Waals surface area contributed by atoms with Gasteiger partial charge in [-0.3, -0.25) is 14.3 Å². The molecule has 2 heterocycles. The second kappa shape index (κ2) is 7.78. The van der Waals surface area contributed by atoms with Crippen LogP contribution in [-0.4, -0.2) is 36.3 Å². The van der Waals surface area contributed by atoms with E-state index in [9.17, 15) is 9.59 Å². The summed E-state index contributed by atoms with van der Waals surface area (Å²) >= 11 is 0. The maximum Gasteiger partial charge on any atom is 0.329 e. The Morgan fingerprint density at radius 1 is 1.36 bits per heavy atom. The predicted molar refractivity (Wildman–Crippen MR) is 106 cm³/mol. The molecule has 2 unspecified atom stereocenters. The van der Waals surface area contributed by atoms with E-state index in [1.54, 1.807) is 17.7 Å². The van der Waals surface area contributed by atoms with Crippen LogP contribution < -0.4 is 26.6 Å². The normalized spacial score (nSPS) is 20.2. The highest BCUT2D eigenvalue weighted by Gasteiger charge is 2.32. The topological polar surface area (TPSA) is 112 Å². The van der Waals surface area contributed by atoms with Crippen LogP contribution in [0, 0.1) is 17.2 Å². The van der Waals surface area contributed by atoms with E-state index >= 15 is 0 Å². The average molecular weight is 383 g/mol. The van der Waals surface area contributed by atoms with Gasteiger partial charge in [0.2, 0.25) is 0 Å². The number of fused-ring (bicyclic) bond motifs is 1. The van der Waals surface area contributed by atoms with Crippen molar-refractivity contribution in [2.45, 2.75) is 37.8 Å². The van der Waals surface area contributed by atoms with Gasteiger partial charge in [0.1, 0.15) is 11.3 Å². The SMILES string of the molecule is COc1c(C(NCCC#N)C2CCNC2)ccc2c(=O)[nH]c(=O)n(C3CC3)c12. The zero-order chi connectivity index (χ0) is 19.7. The van der Waals surface area contributed by atoms with E-state index in [0.29, 0.717) is 35.5 Å². The Morgan fingerprint density at radius 3 is 2.82 bits per heavy atom. The molecule has 1 aromatic carbocycles. The fraction of sp³-hybridized carbons (Fsp3) is 0.550. The molecule has 1 aliphatic heterocycles. The van der Waals surface area contributed by atoms with Crippen LogP contribution in [0.2, 0.25) is 0 Å². The fourth-order valence-corrected chi connectivity index (χ4v) is 4.25. The van der Waals surface area contributed by atoms with Crippen LogP contribution in [0.3, 0.4) is 0 Å². The van der Waals surface area contributed by atoms with Gasteiger partial charge in [-0.2, -0.15) is 5.26 Å². The van der Waals surface area contributed by atoms with Gasteiger partial charge in [-0.1, -0.05) is 6.07 Å². The van der Waals surface area contributed by atoms with Crippen molar-refractivity contribution in [3.63, 3.8) is 0 Å². The van der Waals surface area contributed by atoms with Gasteiger partial charge in [-0.25, -0.2) is 4.79 Å². The summed E-state index contributed by atoms with van der Waals surface area (Å²) in [6.45, 7) is 2.39. The molecule has 3 N–H and O–H groups in total. The monoisotopic (exact) mass is 383 g/mol. The number of benzene rings is 1. The second-order valence-electron chi connectivity index (χ2n) is 7.54. The lowest BCUT2D eigenvalue weighted by Gasteiger charge is -2.27. The molecular weight excluding hydrogens is 358 g/mol. The number of aromatic amines is 1. The van der Waals surface area contributed by atoms with Gasteiger partial charge >= 0.3 is 5.69 Å². The largest absolute Gasteiger partial charge is 0.494 e. The third-order valence-electron chi connectivity index (χ3n) is 5.71. The highest BCUT2D eigenvalue weighted by atomic mass is 16.5. The van der Waals surface area contributed by atoms with Crippen LogP contribution in [-0.2, 0) is 0 Å². The summed E-state index contributed by atoms with van der Waals surface area (Å²) in [6, 6.07) is 5.95. The molecule has 2 fully saturated rings. The quantitative estimate of drug-likeness (QED) is 0.619. The summed E-state index contributed by atoms with van der Waals surface area (Å²) in [5.41, 5.74) is 0.737. The van der Waals surface area contributed by atoms with Gasteiger partial charge in [-0.05, 0) is 44.3 Å². The van der Waals surface area contributed by atoms with Crippen LogP contribution in [0.15, 0.2) is 21.7 Å². The zero-order valence-corrected chi connectivity index (χ0v) is 16.0. The number of H-pyrrole nitrogens is 1. The Hall–Kier alpha value is -2.63. The van der Waals surface area contributed by atoms with E-state index in [2.05, 4.69) is 21.7 Å². The second-order valence-corrected chi connectivity index (χ2v) is 7.54. The number of ether oxygens (including phenoxy) is 1. The van der Waals surface area contributed by atoms with Crippen molar-refractivity contribution < 1.29 is 4.74 Å². The van der Waals surface area contributed by atoms with Crippen LogP contribution in [0.4, 0.5) is 0 Å². The minimum absolute atomic E-state index is 0.0234. The summed E-state index contributed by atoms with van der Waals surface area (Å²) in [6.07, 6.45) is 3.27. The Kier molecular flexibility index (Phi) is 5.20. The fourth-order valence-electron chi connectivity index (χ4n) is 4.25. The average Bonchev–Trinajstić information content (AvgIpc) is 3.37. The molecule has 2 aromatic rings. The highest BCUT2D eigenvalue weighted by molar-refractivity contribution is 5.86. The smallest absolute Gasteiger partial charge is 0.329 e. The molecule has 4 rings (SSSR count). The van der Waals surface area contributed by atoms with E-state index in [4.69, 9.17) is 10.00 Å². The van der Waals surface area contributed by atoms with Gasteiger partial charge in [0.25, 0.3) is 5.56 Å². The molecule has 1 aliphatic carbocycles. The minimum atomic E-state index is -0.390. The number of aromatic nitrogens is 2. The number of hydrogen-bond donors (Lipinski definition) is 3. The van der Waals surface area contributed by atoms with Crippen molar-refractivity contribution in [3.8, 4) is 11.8 Å². The Labute approximate surface area is 162 Å². The van der Waals surface area contributed by atoms with Crippen molar-refractivity contribution >= 4 is 10.9 Å². The summed E-state index contributed by atoms with van der Waals surface area (Å²) < 4.78 is 7.48. The van der Waals surface area contributed by atoms with Crippen molar-refractivity contribution in [2.75, 3.05) is 26.7 Å². The minimum Gasteiger partial charge on any atom is -0.494 e. The molecule has 148 valence electrons. The first-order valence-corrected chi connectivity index (χ1v) is 9.82. The van der Waals surface area contributed by atoms with Crippen LogP contribution >= 0.6 is 0 Å². The third kappa shape index (κ3) is 3.32. The third-order valence-corrected chi connectivity index (χ3v) is 5.71. The first-order valence-electron chi connectivity index (χ1n) is 9.82. The highest BCUT2D eigenvalue weighted by Crippen LogP contribution is 2.41. The van der Waals surface area contributed by atoms with Gasteiger partial charge in [0.05, 0.1) is 18.6 Å². The Bertz CT molecular complexity index is 1030. The van der Waals surface area contributed by atoms with E-state index in [-0.39, 0.29) is 17.8 Å². The lowest BCUT2D eigenvalue weighted by molar-refractivity contribution is 0.359. The van der Waals surface area contributed by atoms with Crippen LogP contribution in [0.25, 0.3) is 10.9 Å². The summed E-state index contributed by atoms with van der Waals surface area (Å²) in [5.74, 6) is 0.919. The molecule has 1 saturated heterocycles. The summed E-state index contributed by atoms with van der Waals surface area (Å²) in [4.78, 5) is 27.4. The number of nitrogens with one attached hydrogen (secondary N) is 3. The first-order chi connectivity index (χ1) is 13.7. The van der Waals surface area contributed by atoms with Gasteiger partial charge in [0.15, 0.2) is 0 Å². The first kappa shape index (κ1) is 18.7. The van der Waals surface area contributed by atoms with Crippen LogP contribution in [0.1, 0.15) is 43.3 Å². The number of hydrogen-bond acceptors (Lipinski definition) is 6. The van der Waals surface area contributed by atoms with Crippen molar-refractivity contribution in [3.05, 3.63) is 38.5 Å². The Morgan fingerprint density at radius 2 is 2.18 bits per heavy atom. The van der Waals surface area contributed by atoms with Crippen molar-refractivity contribution in [1.29, 1.82) is 5.26 Å². The molecule has 8 heteroatoms.